The third kappa shape index (κ3) is 5.37. The zero-order valence-electron chi connectivity index (χ0n) is 20.2. The highest BCUT2D eigenvalue weighted by molar-refractivity contribution is 8.04. The summed E-state index contributed by atoms with van der Waals surface area (Å²) in [5.41, 5.74) is 7.24. The molecule has 2 bridgehead atoms. The molecule has 1 fully saturated rings. The average Bonchev–Trinajstić information content (AvgIpc) is 3.05. The van der Waals surface area contributed by atoms with Crippen molar-refractivity contribution >= 4 is 41.1 Å². The number of hydrogen-bond donors (Lipinski definition) is 1. The monoisotopic (exact) mass is 540 g/mol. The molecule has 2 atom stereocenters. The summed E-state index contributed by atoms with van der Waals surface area (Å²) < 4.78 is 21.4. The van der Waals surface area contributed by atoms with Crippen LogP contribution in [-0.4, -0.2) is 66.6 Å². The predicted octanol–water partition coefficient (Wildman–Crippen LogP) is 4.08. The lowest BCUT2D eigenvalue weighted by atomic mass is 9.91. The van der Waals surface area contributed by atoms with Crippen molar-refractivity contribution in [3.05, 3.63) is 81.2 Å². The third-order valence-corrected chi connectivity index (χ3v) is 8.02. The molecule has 37 heavy (non-hydrogen) atoms. The number of amides is 1. The van der Waals surface area contributed by atoms with Crippen molar-refractivity contribution in [1.82, 2.24) is 9.80 Å². The number of thioether (sulfide) groups is 1. The van der Waals surface area contributed by atoms with Crippen molar-refractivity contribution in [2.24, 2.45) is 5.73 Å². The minimum Gasteiger partial charge on any atom is -0.491 e. The van der Waals surface area contributed by atoms with E-state index < -0.39 is 5.82 Å². The Kier molecular flexibility index (Phi) is 8.22. The maximum Gasteiger partial charge on any atom is 0.246 e. The van der Waals surface area contributed by atoms with Crippen molar-refractivity contribution in [2.75, 3.05) is 33.3 Å². The molecule has 7 nitrogen and oxygen atoms in total. The number of fused-ring (bicyclic) bond motifs is 1. The largest absolute Gasteiger partial charge is 0.491 e. The van der Waals surface area contributed by atoms with Crippen LogP contribution in [0.2, 0.25) is 5.02 Å². The SMILES string of the molecule is C=CC(=O)N1CCN(C)C(CCOc2c(C=O)cc(F)c(C3=CC=CC4C=C3C(C#N)=C(N)S4)c2Cl)C1. The normalized spacial score (nSPS) is 21.5. The van der Waals surface area contributed by atoms with E-state index in [1.807, 2.05) is 19.2 Å². The molecule has 2 unspecified atom stereocenters. The molecule has 1 saturated heterocycles. The Balaban J connectivity index is 1.62. The summed E-state index contributed by atoms with van der Waals surface area (Å²) in [7, 11) is 1.97. The van der Waals surface area contributed by atoms with Gasteiger partial charge in [-0.15, -0.1) is 0 Å². The molecule has 2 aliphatic heterocycles. The first-order valence-electron chi connectivity index (χ1n) is 11.7. The number of aldehydes is 1. The number of halogens is 2. The number of carbonyl (C=O) groups excluding carboxylic acids is 2. The minimum atomic E-state index is -0.710. The molecule has 0 saturated carbocycles. The minimum absolute atomic E-state index is 0.0157. The fourth-order valence-electron chi connectivity index (χ4n) is 4.61. The Morgan fingerprint density at radius 2 is 2.22 bits per heavy atom. The first-order chi connectivity index (χ1) is 17.8. The molecule has 2 N–H and O–H groups in total. The van der Waals surface area contributed by atoms with E-state index in [1.54, 1.807) is 17.1 Å². The summed E-state index contributed by atoms with van der Waals surface area (Å²) in [5.74, 6) is -0.765. The summed E-state index contributed by atoms with van der Waals surface area (Å²) >= 11 is 8.03. The van der Waals surface area contributed by atoms with E-state index in [2.05, 4.69) is 17.5 Å². The second-order valence-corrected chi connectivity index (χ2v) is 10.4. The number of nitrogens with zero attached hydrogens (tertiary/aromatic N) is 3. The number of hydrogen-bond acceptors (Lipinski definition) is 7. The molecule has 1 aliphatic carbocycles. The van der Waals surface area contributed by atoms with Gasteiger partial charge in [0, 0.05) is 42.1 Å². The topological polar surface area (TPSA) is 99.7 Å². The highest BCUT2D eigenvalue weighted by Gasteiger charge is 2.30. The summed E-state index contributed by atoms with van der Waals surface area (Å²) in [6.07, 6.45) is 9.53. The third-order valence-electron chi connectivity index (χ3n) is 6.63. The van der Waals surface area contributed by atoms with Crippen LogP contribution < -0.4 is 10.5 Å². The zero-order valence-corrected chi connectivity index (χ0v) is 21.8. The van der Waals surface area contributed by atoms with Crippen LogP contribution in [0.15, 0.2) is 59.2 Å². The van der Waals surface area contributed by atoms with E-state index in [9.17, 15) is 14.9 Å². The van der Waals surface area contributed by atoms with Crippen molar-refractivity contribution < 1.29 is 18.7 Å². The lowest BCUT2D eigenvalue weighted by molar-refractivity contribution is -0.128. The summed E-state index contributed by atoms with van der Waals surface area (Å²) in [4.78, 5) is 27.7. The van der Waals surface area contributed by atoms with E-state index >= 15 is 4.39 Å². The van der Waals surface area contributed by atoms with E-state index in [1.165, 1.54) is 17.8 Å². The van der Waals surface area contributed by atoms with E-state index in [-0.39, 0.29) is 51.3 Å². The van der Waals surface area contributed by atoms with Gasteiger partial charge in [0.15, 0.2) is 6.29 Å². The van der Waals surface area contributed by atoms with Crippen LogP contribution in [0.4, 0.5) is 4.39 Å². The molecule has 0 radical (unpaired) electrons. The molecule has 1 amide bonds. The van der Waals surface area contributed by atoms with Gasteiger partial charge >= 0.3 is 0 Å². The van der Waals surface area contributed by atoms with Crippen molar-refractivity contribution in [3.8, 4) is 11.8 Å². The number of benzene rings is 1. The van der Waals surface area contributed by atoms with Gasteiger partial charge in [-0.2, -0.15) is 5.26 Å². The zero-order chi connectivity index (χ0) is 26.7. The first-order valence-corrected chi connectivity index (χ1v) is 12.9. The molecule has 4 rings (SSSR count). The summed E-state index contributed by atoms with van der Waals surface area (Å²) in [6, 6.07) is 3.22. The smallest absolute Gasteiger partial charge is 0.246 e. The molecular formula is C27H26ClFN4O3S. The van der Waals surface area contributed by atoms with Gasteiger partial charge in [0.2, 0.25) is 5.91 Å². The van der Waals surface area contributed by atoms with Crippen LogP contribution in [0, 0.1) is 17.1 Å². The van der Waals surface area contributed by atoms with Gasteiger partial charge in [0.1, 0.15) is 17.6 Å². The van der Waals surface area contributed by atoms with Gasteiger partial charge in [0.25, 0.3) is 0 Å². The number of piperazine rings is 1. The van der Waals surface area contributed by atoms with Crippen LogP contribution in [0.25, 0.3) is 5.57 Å². The van der Waals surface area contributed by atoms with Gasteiger partial charge in [0.05, 0.1) is 27.8 Å². The Hall–Kier alpha value is -3.32. The molecule has 0 aromatic heterocycles. The average molecular weight is 541 g/mol. The Labute approximate surface area is 224 Å². The first kappa shape index (κ1) is 26.7. The van der Waals surface area contributed by atoms with Crippen LogP contribution in [0.3, 0.4) is 0 Å². The molecular weight excluding hydrogens is 515 g/mol. The van der Waals surface area contributed by atoms with Gasteiger partial charge in [-0.05, 0) is 31.2 Å². The molecule has 2 heterocycles. The lowest BCUT2D eigenvalue weighted by Crippen LogP contribution is -2.53. The number of carbonyl (C=O) groups is 2. The quantitative estimate of drug-likeness (QED) is 0.411. The maximum absolute atomic E-state index is 15.4. The summed E-state index contributed by atoms with van der Waals surface area (Å²) in [6.45, 7) is 5.58. The molecule has 10 heteroatoms. The predicted molar refractivity (Wildman–Crippen MR) is 144 cm³/mol. The standard InChI is InChI=1S/C27H26ClFN4O3S/c1-3-23(35)33-9-8-32(2)17(14-33)7-10-36-26-16(15-34)11-22(29)24(25(26)28)19-6-4-5-18-12-20(19)21(13-30)27(31)37-18/h3-6,11-12,15,17-18H,1,7-10,14,31H2,2H3. The van der Waals surface area contributed by atoms with Gasteiger partial charge < -0.3 is 15.4 Å². The van der Waals surface area contributed by atoms with Gasteiger partial charge in [-0.1, -0.05) is 54.2 Å². The van der Waals surface area contributed by atoms with E-state index in [0.29, 0.717) is 48.5 Å². The Bertz CT molecular complexity index is 1310. The highest BCUT2D eigenvalue weighted by Crippen LogP contribution is 2.45. The number of nitrogens with two attached hydrogens (primary N) is 1. The van der Waals surface area contributed by atoms with Crippen molar-refractivity contribution in [2.45, 2.75) is 17.7 Å². The van der Waals surface area contributed by atoms with Crippen LogP contribution in [0.1, 0.15) is 22.3 Å². The van der Waals surface area contributed by atoms with Crippen LogP contribution in [0.5, 0.6) is 5.75 Å². The number of nitriles is 1. The summed E-state index contributed by atoms with van der Waals surface area (Å²) in [5, 5.41) is 9.90. The number of allylic oxidation sites excluding steroid dienone is 5. The van der Waals surface area contributed by atoms with Crippen molar-refractivity contribution in [3.63, 3.8) is 0 Å². The van der Waals surface area contributed by atoms with E-state index in [4.69, 9.17) is 22.1 Å². The van der Waals surface area contributed by atoms with Gasteiger partial charge in [-0.3, -0.25) is 14.5 Å². The molecule has 192 valence electrons. The number of rotatable bonds is 7. The number of likely N-dealkylation sites (N-methyl/N-ethyl adjacent to an activating group) is 1. The van der Waals surface area contributed by atoms with Crippen LogP contribution >= 0.6 is 23.4 Å². The number of ether oxygens (including phenoxy) is 1. The molecule has 1 aromatic rings. The Morgan fingerprint density at radius 3 is 2.92 bits per heavy atom. The van der Waals surface area contributed by atoms with Crippen molar-refractivity contribution in [1.29, 1.82) is 5.26 Å². The van der Waals surface area contributed by atoms with Gasteiger partial charge in [-0.25, -0.2) is 4.39 Å². The second kappa shape index (κ2) is 11.4. The molecule has 1 aromatic carbocycles. The van der Waals surface area contributed by atoms with Crippen LogP contribution in [-0.2, 0) is 4.79 Å². The maximum atomic E-state index is 15.4. The highest BCUT2D eigenvalue weighted by atomic mass is 35.5. The second-order valence-electron chi connectivity index (χ2n) is 8.82. The molecule has 3 aliphatic rings. The van der Waals surface area contributed by atoms with E-state index in [0.717, 1.165) is 6.07 Å². The fraction of sp³-hybridized carbons (Fsp3) is 0.296. The lowest BCUT2D eigenvalue weighted by Gasteiger charge is -2.39. The molecule has 0 spiro atoms. The fourth-order valence-corrected chi connectivity index (χ4v) is 5.90. The Morgan fingerprint density at radius 1 is 1.43 bits per heavy atom.